The van der Waals surface area contributed by atoms with E-state index in [1.54, 1.807) is 0 Å². The van der Waals surface area contributed by atoms with E-state index in [1.165, 1.54) is 22.4 Å². The monoisotopic (exact) mass is 331 g/mol. The summed E-state index contributed by atoms with van der Waals surface area (Å²) < 4.78 is 1.14. The summed E-state index contributed by atoms with van der Waals surface area (Å²) in [4.78, 5) is 0. The van der Waals surface area contributed by atoms with E-state index in [1.807, 2.05) is 0 Å². The van der Waals surface area contributed by atoms with Crippen LogP contribution in [0.2, 0.25) is 0 Å². The van der Waals surface area contributed by atoms with Gasteiger partial charge in [0.05, 0.1) is 0 Å². The van der Waals surface area contributed by atoms with E-state index in [0.717, 1.165) is 17.4 Å². The maximum absolute atomic E-state index is 3.54. The predicted molar refractivity (Wildman–Crippen MR) is 91.4 cm³/mol. The average Bonchev–Trinajstić information content (AvgIpc) is 2.46. The van der Waals surface area contributed by atoms with Crippen molar-refractivity contribution in [1.29, 1.82) is 0 Å². The Morgan fingerprint density at radius 1 is 1.05 bits per heavy atom. The molecule has 0 amide bonds. The van der Waals surface area contributed by atoms with E-state index in [4.69, 9.17) is 0 Å². The maximum Gasteiger partial charge on any atom is 0.0400 e. The van der Waals surface area contributed by atoms with Crippen molar-refractivity contribution in [2.45, 2.75) is 39.7 Å². The molecular formula is C18H22BrN. The first-order chi connectivity index (χ1) is 9.60. The van der Waals surface area contributed by atoms with E-state index >= 15 is 0 Å². The molecule has 1 nitrogen and oxygen atoms in total. The van der Waals surface area contributed by atoms with E-state index in [9.17, 15) is 0 Å². The van der Waals surface area contributed by atoms with Crippen LogP contribution in [0.1, 0.15) is 43.4 Å². The first-order valence-electron chi connectivity index (χ1n) is 7.21. The van der Waals surface area contributed by atoms with Crippen LogP contribution in [0.15, 0.2) is 46.9 Å². The Labute approximate surface area is 130 Å². The van der Waals surface area contributed by atoms with Gasteiger partial charge in [0.15, 0.2) is 0 Å². The second-order valence-electron chi connectivity index (χ2n) is 5.40. The lowest BCUT2D eigenvalue weighted by atomic mass is 10.0. The van der Waals surface area contributed by atoms with Gasteiger partial charge in [-0.25, -0.2) is 0 Å². The molecule has 2 aromatic rings. The summed E-state index contributed by atoms with van der Waals surface area (Å²) >= 11 is 3.53. The maximum atomic E-state index is 3.54. The molecule has 0 bridgehead atoms. The molecule has 0 heterocycles. The van der Waals surface area contributed by atoms with Crippen molar-refractivity contribution >= 4 is 21.6 Å². The number of rotatable bonds is 5. The molecule has 0 radical (unpaired) electrons. The smallest absolute Gasteiger partial charge is 0.0400 e. The molecule has 0 aliphatic heterocycles. The van der Waals surface area contributed by atoms with E-state index in [-0.39, 0.29) is 0 Å². The Morgan fingerprint density at radius 2 is 1.75 bits per heavy atom. The van der Waals surface area contributed by atoms with Crippen LogP contribution in [0.3, 0.4) is 0 Å². The summed E-state index contributed by atoms with van der Waals surface area (Å²) in [6, 6.07) is 15.3. The van der Waals surface area contributed by atoms with Crippen LogP contribution in [0.4, 0.5) is 5.69 Å². The fraction of sp³-hybridized carbons (Fsp3) is 0.333. The zero-order chi connectivity index (χ0) is 14.5. The number of anilines is 1. The van der Waals surface area contributed by atoms with Crippen LogP contribution >= 0.6 is 15.9 Å². The largest absolute Gasteiger partial charge is 0.381 e. The highest BCUT2D eigenvalue weighted by molar-refractivity contribution is 9.10. The highest BCUT2D eigenvalue weighted by Crippen LogP contribution is 2.22. The fourth-order valence-corrected chi connectivity index (χ4v) is 2.65. The second kappa shape index (κ2) is 6.94. The van der Waals surface area contributed by atoms with Crippen molar-refractivity contribution in [3.05, 3.63) is 63.6 Å². The molecule has 0 aliphatic rings. The number of aryl methyl sites for hydroxylation is 1. The van der Waals surface area contributed by atoms with Gasteiger partial charge in [-0.1, -0.05) is 61.0 Å². The molecule has 2 rings (SSSR count). The van der Waals surface area contributed by atoms with Crippen molar-refractivity contribution < 1.29 is 0 Å². The Hall–Kier alpha value is -1.28. The van der Waals surface area contributed by atoms with Crippen molar-refractivity contribution in [3.63, 3.8) is 0 Å². The van der Waals surface area contributed by atoms with E-state index in [0.29, 0.717) is 5.92 Å². The minimum atomic E-state index is 0.593. The fourth-order valence-electron chi connectivity index (χ4n) is 2.24. The standard InChI is InChI=1S/C18H22BrN/c1-4-15-11-17(19)9-10-18(15)20-12-14-5-7-16(8-6-14)13(2)3/h5-11,13,20H,4,12H2,1-3H3. The van der Waals surface area contributed by atoms with E-state index in [2.05, 4.69) is 84.5 Å². The SMILES string of the molecule is CCc1cc(Br)ccc1NCc1ccc(C(C)C)cc1. The molecule has 2 aromatic carbocycles. The van der Waals surface area contributed by atoms with Crippen LogP contribution in [0, 0.1) is 0 Å². The van der Waals surface area contributed by atoms with Crippen LogP contribution in [-0.4, -0.2) is 0 Å². The van der Waals surface area contributed by atoms with Gasteiger partial charge in [0, 0.05) is 16.7 Å². The van der Waals surface area contributed by atoms with E-state index < -0.39 is 0 Å². The van der Waals surface area contributed by atoms with Gasteiger partial charge in [-0.3, -0.25) is 0 Å². The molecule has 0 saturated heterocycles. The number of nitrogens with one attached hydrogen (secondary N) is 1. The molecule has 2 heteroatoms. The highest BCUT2D eigenvalue weighted by Gasteiger charge is 2.02. The van der Waals surface area contributed by atoms with Crippen LogP contribution in [0.25, 0.3) is 0 Å². The predicted octanol–water partition coefficient (Wildman–Crippen LogP) is 5.75. The normalized spacial score (nSPS) is 10.8. The molecule has 0 unspecified atom stereocenters. The van der Waals surface area contributed by atoms with Gasteiger partial charge in [0.1, 0.15) is 0 Å². The minimum absolute atomic E-state index is 0.593. The van der Waals surface area contributed by atoms with Gasteiger partial charge in [0.2, 0.25) is 0 Å². The number of hydrogen-bond acceptors (Lipinski definition) is 1. The van der Waals surface area contributed by atoms with Crippen molar-refractivity contribution in [3.8, 4) is 0 Å². The topological polar surface area (TPSA) is 12.0 Å². The number of benzene rings is 2. The molecule has 106 valence electrons. The first-order valence-corrected chi connectivity index (χ1v) is 8.00. The zero-order valence-electron chi connectivity index (χ0n) is 12.4. The number of hydrogen-bond donors (Lipinski definition) is 1. The van der Waals surface area contributed by atoms with Gasteiger partial charge < -0.3 is 5.32 Å². The van der Waals surface area contributed by atoms with Crippen LogP contribution in [0.5, 0.6) is 0 Å². The Bertz CT molecular complexity index is 558. The lowest BCUT2D eigenvalue weighted by molar-refractivity contribution is 0.865. The molecule has 0 fully saturated rings. The second-order valence-corrected chi connectivity index (χ2v) is 6.32. The highest BCUT2D eigenvalue weighted by atomic mass is 79.9. The quantitative estimate of drug-likeness (QED) is 0.735. The third-order valence-electron chi connectivity index (χ3n) is 3.58. The summed E-state index contributed by atoms with van der Waals surface area (Å²) in [6.07, 6.45) is 1.04. The van der Waals surface area contributed by atoms with Crippen molar-refractivity contribution in [1.82, 2.24) is 0 Å². The molecule has 0 atom stereocenters. The van der Waals surface area contributed by atoms with Gasteiger partial charge in [-0.15, -0.1) is 0 Å². The lowest BCUT2D eigenvalue weighted by Crippen LogP contribution is -2.02. The third-order valence-corrected chi connectivity index (χ3v) is 4.07. The van der Waals surface area contributed by atoms with Gasteiger partial charge in [-0.05, 0) is 47.2 Å². The van der Waals surface area contributed by atoms with Gasteiger partial charge in [0.25, 0.3) is 0 Å². The van der Waals surface area contributed by atoms with Crippen molar-refractivity contribution in [2.24, 2.45) is 0 Å². The molecule has 0 spiro atoms. The summed E-state index contributed by atoms with van der Waals surface area (Å²) in [5, 5.41) is 3.54. The first kappa shape index (κ1) is 15.1. The lowest BCUT2D eigenvalue weighted by Gasteiger charge is -2.12. The molecule has 0 aromatic heterocycles. The Balaban J connectivity index is 2.05. The summed E-state index contributed by atoms with van der Waals surface area (Å²) in [6.45, 7) is 7.50. The van der Waals surface area contributed by atoms with Gasteiger partial charge >= 0.3 is 0 Å². The molecule has 0 saturated carbocycles. The van der Waals surface area contributed by atoms with Crippen LogP contribution < -0.4 is 5.32 Å². The molecular weight excluding hydrogens is 310 g/mol. The Morgan fingerprint density at radius 3 is 2.35 bits per heavy atom. The Kier molecular flexibility index (Phi) is 5.24. The number of halogens is 1. The molecule has 1 N–H and O–H groups in total. The molecule has 20 heavy (non-hydrogen) atoms. The van der Waals surface area contributed by atoms with Crippen LogP contribution in [-0.2, 0) is 13.0 Å². The molecule has 0 aliphatic carbocycles. The van der Waals surface area contributed by atoms with Gasteiger partial charge in [-0.2, -0.15) is 0 Å². The summed E-state index contributed by atoms with van der Waals surface area (Å²) in [5.41, 5.74) is 5.29. The summed E-state index contributed by atoms with van der Waals surface area (Å²) in [5.74, 6) is 0.593. The summed E-state index contributed by atoms with van der Waals surface area (Å²) in [7, 11) is 0. The van der Waals surface area contributed by atoms with Crippen molar-refractivity contribution in [2.75, 3.05) is 5.32 Å². The zero-order valence-corrected chi connectivity index (χ0v) is 14.0. The average molecular weight is 332 g/mol. The minimum Gasteiger partial charge on any atom is -0.381 e. The third kappa shape index (κ3) is 3.86.